The minimum absolute atomic E-state index is 0.00471. The molecule has 2 atom stereocenters. The number of para-hydroxylation sites is 2. The largest absolute Gasteiger partial charge is 0.325 e. The number of rotatable bonds is 6. The monoisotopic (exact) mass is 392 g/mol. The number of nitrogens with zero attached hydrogens (tertiary/aromatic N) is 1. The molecule has 3 nitrogen and oxygen atoms in total. The summed E-state index contributed by atoms with van der Waals surface area (Å²) in [5.41, 5.74) is 5.45. The van der Waals surface area contributed by atoms with Gasteiger partial charge in [-0.1, -0.05) is 62.0 Å². The lowest BCUT2D eigenvalue weighted by molar-refractivity contribution is -0.115. The fraction of sp³-hybridized carbons (Fsp3) is 0.333. The molecule has 28 heavy (non-hydrogen) atoms. The maximum absolute atomic E-state index is 12.8. The summed E-state index contributed by atoms with van der Waals surface area (Å²) in [5, 5.41) is 4.94. The molecular weight excluding hydrogens is 364 g/mol. The zero-order valence-corrected chi connectivity index (χ0v) is 18.1. The van der Waals surface area contributed by atoms with Crippen molar-refractivity contribution in [2.24, 2.45) is 0 Å². The van der Waals surface area contributed by atoms with Crippen LogP contribution in [0.4, 0.5) is 5.69 Å². The van der Waals surface area contributed by atoms with Crippen LogP contribution in [0.15, 0.2) is 53.6 Å². The molecule has 0 fully saturated rings. The molecule has 0 bridgehead atoms. The molecule has 0 spiro atoms. The van der Waals surface area contributed by atoms with E-state index in [0.29, 0.717) is 5.92 Å². The van der Waals surface area contributed by atoms with Crippen molar-refractivity contribution in [1.29, 1.82) is 0 Å². The van der Waals surface area contributed by atoms with Gasteiger partial charge in [-0.05, 0) is 61.9 Å². The third-order valence-electron chi connectivity index (χ3n) is 5.25. The van der Waals surface area contributed by atoms with Crippen molar-refractivity contribution in [2.45, 2.75) is 57.2 Å². The number of anilines is 1. The predicted octanol–water partition coefficient (Wildman–Crippen LogP) is 6.48. The SMILES string of the molecule is CC[C@H](C)c1ccccc1NC(=O)[C@H](C)Sc1cc(C)c2cccc(C)c2n1. The highest BCUT2D eigenvalue weighted by atomic mass is 32.2. The Morgan fingerprint density at radius 1 is 1.07 bits per heavy atom. The molecule has 3 rings (SSSR count). The Bertz CT molecular complexity index is 999. The predicted molar refractivity (Wildman–Crippen MR) is 120 cm³/mol. The summed E-state index contributed by atoms with van der Waals surface area (Å²) in [6.45, 7) is 10.5. The zero-order valence-electron chi connectivity index (χ0n) is 17.2. The lowest BCUT2D eigenvalue weighted by atomic mass is 9.97. The number of carbonyl (C=O) groups is 1. The Morgan fingerprint density at radius 2 is 1.82 bits per heavy atom. The van der Waals surface area contributed by atoms with Crippen molar-refractivity contribution in [2.75, 3.05) is 5.32 Å². The van der Waals surface area contributed by atoms with Crippen molar-refractivity contribution in [3.63, 3.8) is 0 Å². The standard InChI is InChI=1S/C24H28N2OS/c1-6-15(2)19-11-7-8-13-21(19)25-24(27)18(5)28-22-14-17(4)20-12-9-10-16(3)23(20)26-22/h7-15,18H,6H2,1-5H3,(H,25,27)/t15-,18-/m0/s1. The number of amides is 1. The van der Waals surface area contributed by atoms with Crippen LogP contribution in [0.3, 0.4) is 0 Å². The van der Waals surface area contributed by atoms with E-state index in [0.717, 1.165) is 28.2 Å². The lowest BCUT2D eigenvalue weighted by Gasteiger charge is -2.18. The van der Waals surface area contributed by atoms with Gasteiger partial charge in [-0.2, -0.15) is 0 Å². The lowest BCUT2D eigenvalue weighted by Crippen LogP contribution is -2.23. The Morgan fingerprint density at radius 3 is 2.57 bits per heavy atom. The number of carbonyl (C=O) groups excluding carboxylic acids is 1. The number of aryl methyl sites for hydroxylation is 2. The second-order valence-corrected chi connectivity index (χ2v) is 8.76. The van der Waals surface area contributed by atoms with Crippen molar-refractivity contribution < 1.29 is 4.79 Å². The summed E-state index contributed by atoms with van der Waals surface area (Å²) >= 11 is 1.51. The quantitative estimate of drug-likeness (QED) is 0.488. The molecule has 0 saturated carbocycles. The highest BCUT2D eigenvalue weighted by Crippen LogP contribution is 2.30. The Labute approximate surface area is 172 Å². The maximum atomic E-state index is 12.8. The Kier molecular flexibility index (Phi) is 6.40. The van der Waals surface area contributed by atoms with Crippen molar-refractivity contribution in [3.8, 4) is 0 Å². The van der Waals surface area contributed by atoms with Gasteiger partial charge in [0.05, 0.1) is 15.8 Å². The second kappa shape index (κ2) is 8.78. The van der Waals surface area contributed by atoms with Gasteiger partial charge in [-0.15, -0.1) is 0 Å². The van der Waals surface area contributed by atoms with Gasteiger partial charge in [-0.3, -0.25) is 4.79 Å². The number of thioether (sulfide) groups is 1. The van der Waals surface area contributed by atoms with E-state index < -0.39 is 0 Å². The molecule has 4 heteroatoms. The van der Waals surface area contributed by atoms with E-state index in [1.807, 2.05) is 25.1 Å². The van der Waals surface area contributed by atoms with Crippen LogP contribution < -0.4 is 5.32 Å². The first-order valence-electron chi connectivity index (χ1n) is 9.84. The summed E-state index contributed by atoms with van der Waals surface area (Å²) in [6.07, 6.45) is 1.04. The van der Waals surface area contributed by atoms with Crippen LogP contribution in [0.2, 0.25) is 0 Å². The Hall–Kier alpha value is -2.33. The highest BCUT2D eigenvalue weighted by Gasteiger charge is 2.18. The number of nitrogens with one attached hydrogen (secondary N) is 1. The second-order valence-electron chi connectivity index (χ2n) is 7.39. The summed E-state index contributed by atoms with van der Waals surface area (Å²) in [4.78, 5) is 17.6. The van der Waals surface area contributed by atoms with E-state index in [4.69, 9.17) is 4.98 Å². The molecule has 1 N–H and O–H groups in total. The molecule has 1 amide bonds. The fourth-order valence-corrected chi connectivity index (χ4v) is 4.24. The molecule has 3 aromatic rings. The van der Waals surface area contributed by atoms with Crippen molar-refractivity contribution in [1.82, 2.24) is 4.98 Å². The molecular formula is C24H28N2OS. The fourth-order valence-electron chi connectivity index (χ4n) is 3.32. The summed E-state index contributed by atoms with van der Waals surface area (Å²) in [7, 11) is 0. The number of pyridine rings is 1. The van der Waals surface area contributed by atoms with E-state index >= 15 is 0 Å². The minimum atomic E-state index is -0.238. The summed E-state index contributed by atoms with van der Waals surface area (Å²) in [5.74, 6) is 0.414. The third-order valence-corrected chi connectivity index (χ3v) is 6.27. The van der Waals surface area contributed by atoms with Crippen LogP contribution in [-0.2, 0) is 4.79 Å². The molecule has 0 aliphatic heterocycles. The van der Waals surface area contributed by atoms with Crippen LogP contribution in [0.25, 0.3) is 10.9 Å². The minimum Gasteiger partial charge on any atom is -0.325 e. The zero-order chi connectivity index (χ0) is 20.3. The maximum Gasteiger partial charge on any atom is 0.237 e. The number of fused-ring (bicyclic) bond motifs is 1. The average molecular weight is 393 g/mol. The van der Waals surface area contributed by atoms with Gasteiger partial charge in [-0.25, -0.2) is 4.98 Å². The van der Waals surface area contributed by atoms with Crippen molar-refractivity contribution >= 4 is 34.3 Å². The molecule has 0 aliphatic carbocycles. The molecule has 146 valence electrons. The van der Waals surface area contributed by atoms with Crippen LogP contribution in [0, 0.1) is 13.8 Å². The molecule has 0 saturated heterocycles. The summed E-state index contributed by atoms with van der Waals surface area (Å²) < 4.78 is 0. The Balaban J connectivity index is 1.79. The van der Waals surface area contributed by atoms with E-state index in [1.165, 1.54) is 28.3 Å². The van der Waals surface area contributed by atoms with Crippen LogP contribution in [0.5, 0.6) is 0 Å². The van der Waals surface area contributed by atoms with Gasteiger partial charge >= 0.3 is 0 Å². The number of hydrogen-bond donors (Lipinski definition) is 1. The smallest absolute Gasteiger partial charge is 0.237 e. The van der Waals surface area contributed by atoms with Crippen LogP contribution in [-0.4, -0.2) is 16.1 Å². The first-order valence-corrected chi connectivity index (χ1v) is 10.7. The highest BCUT2D eigenvalue weighted by molar-refractivity contribution is 8.00. The molecule has 0 radical (unpaired) electrons. The molecule has 0 aliphatic rings. The average Bonchev–Trinajstić information content (AvgIpc) is 2.68. The topological polar surface area (TPSA) is 42.0 Å². The van der Waals surface area contributed by atoms with E-state index in [1.54, 1.807) is 0 Å². The van der Waals surface area contributed by atoms with Gasteiger partial charge in [0.15, 0.2) is 0 Å². The molecule has 1 heterocycles. The first-order chi connectivity index (χ1) is 13.4. The van der Waals surface area contributed by atoms with Crippen LogP contribution in [0.1, 0.15) is 49.8 Å². The van der Waals surface area contributed by atoms with Gasteiger partial charge in [0.1, 0.15) is 0 Å². The third kappa shape index (κ3) is 4.39. The number of hydrogen-bond acceptors (Lipinski definition) is 3. The van der Waals surface area contributed by atoms with Gasteiger partial charge in [0, 0.05) is 11.1 Å². The number of aromatic nitrogens is 1. The molecule has 0 unspecified atom stereocenters. The van der Waals surface area contributed by atoms with E-state index in [-0.39, 0.29) is 11.2 Å². The normalized spacial score (nSPS) is 13.3. The number of benzene rings is 2. The van der Waals surface area contributed by atoms with E-state index in [9.17, 15) is 4.79 Å². The van der Waals surface area contributed by atoms with Gasteiger partial charge < -0.3 is 5.32 Å². The first kappa shape index (κ1) is 20.4. The molecule has 1 aromatic heterocycles. The summed E-state index contributed by atoms with van der Waals surface area (Å²) in [6, 6.07) is 16.4. The van der Waals surface area contributed by atoms with Crippen molar-refractivity contribution in [3.05, 3.63) is 65.2 Å². The van der Waals surface area contributed by atoms with E-state index in [2.05, 4.69) is 63.3 Å². The van der Waals surface area contributed by atoms with Gasteiger partial charge in [0.2, 0.25) is 5.91 Å². The van der Waals surface area contributed by atoms with Gasteiger partial charge in [0.25, 0.3) is 0 Å². The van der Waals surface area contributed by atoms with Crippen LogP contribution >= 0.6 is 11.8 Å². The molecule has 2 aromatic carbocycles.